The van der Waals surface area contributed by atoms with Crippen LogP contribution in [-0.2, 0) is 14.8 Å². The molecule has 0 radical (unpaired) electrons. The SMILES string of the molecule is CC[C@@](C)(C(=O)O)[C@@H](NS(=O)(=O)c1ccccc1)c1ccccc1. The Bertz CT molecular complexity index is 790. The van der Waals surface area contributed by atoms with E-state index in [2.05, 4.69) is 4.72 Å². The molecule has 128 valence electrons. The van der Waals surface area contributed by atoms with E-state index in [1.54, 1.807) is 62.4 Å². The first-order valence-electron chi connectivity index (χ1n) is 7.67. The van der Waals surface area contributed by atoms with Crippen molar-refractivity contribution in [3.8, 4) is 0 Å². The van der Waals surface area contributed by atoms with Crippen molar-refractivity contribution in [1.82, 2.24) is 4.72 Å². The highest BCUT2D eigenvalue weighted by atomic mass is 32.2. The van der Waals surface area contributed by atoms with Gasteiger partial charge in [0.2, 0.25) is 10.0 Å². The third-order valence-electron chi connectivity index (χ3n) is 4.32. The average Bonchev–Trinajstić information content (AvgIpc) is 2.60. The molecule has 2 aromatic rings. The number of carboxylic acids is 1. The van der Waals surface area contributed by atoms with E-state index in [1.165, 1.54) is 12.1 Å². The number of carboxylic acid groups (broad SMARTS) is 1. The number of nitrogens with one attached hydrogen (secondary N) is 1. The van der Waals surface area contributed by atoms with Crippen LogP contribution in [0.2, 0.25) is 0 Å². The van der Waals surface area contributed by atoms with Gasteiger partial charge in [-0.25, -0.2) is 13.1 Å². The number of hydrogen-bond acceptors (Lipinski definition) is 3. The Morgan fingerprint density at radius 3 is 2.04 bits per heavy atom. The van der Waals surface area contributed by atoms with Crippen LogP contribution >= 0.6 is 0 Å². The van der Waals surface area contributed by atoms with E-state index in [0.717, 1.165) is 0 Å². The van der Waals surface area contributed by atoms with Crippen LogP contribution in [0.15, 0.2) is 65.6 Å². The summed E-state index contributed by atoms with van der Waals surface area (Å²) in [4.78, 5) is 12.0. The molecule has 2 aromatic carbocycles. The Hall–Kier alpha value is -2.18. The second-order valence-electron chi connectivity index (χ2n) is 5.85. The second-order valence-corrected chi connectivity index (χ2v) is 7.57. The summed E-state index contributed by atoms with van der Waals surface area (Å²) in [5, 5.41) is 9.70. The lowest BCUT2D eigenvalue weighted by Crippen LogP contribution is -2.43. The zero-order valence-electron chi connectivity index (χ0n) is 13.6. The standard InChI is InChI=1S/C18H21NO4S/c1-3-18(2,17(20)21)16(14-10-6-4-7-11-14)19-24(22,23)15-12-8-5-9-13-15/h4-13,16,19H,3H2,1-2H3,(H,20,21)/t16-,18+/m0/s1. The van der Waals surface area contributed by atoms with Gasteiger partial charge < -0.3 is 5.11 Å². The number of sulfonamides is 1. The molecule has 6 heteroatoms. The van der Waals surface area contributed by atoms with Gasteiger partial charge in [0.1, 0.15) is 0 Å². The second kappa shape index (κ2) is 7.15. The fourth-order valence-electron chi connectivity index (χ4n) is 2.51. The molecular formula is C18H21NO4S. The largest absolute Gasteiger partial charge is 0.481 e. The summed E-state index contributed by atoms with van der Waals surface area (Å²) < 4.78 is 28.0. The maximum atomic E-state index is 12.7. The van der Waals surface area contributed by atoms with Crippen LogP contribution in [0.4, 0.5) is 0 Å². The average molecular weight is 347 g/mol. The molecule has 0 fully saturated rings. The van der Waals surface area contributed by atoms with Crippen LogP contribution < -0.4 is 4.72 Å². The Morgan fingerprint density at radius 1 is 1.08 bits per heavy atom. The first kappa shape index (κ1) is 18.2. The summed E-state index contributed by atoms with van der Waals surface area (Å²) >= 11 is 0. The van der Waals surface area contributed by atoms with Gasteiger partial charge in [-0.05, 0) is 31.0 Å². The van der Waals surface area contributed by atoms with Crippen molar-refractivity contribution in [2.75, 3.05) is 0 Å². The molecule has 0 aliphatic heterocycles. The molecule has 0 aliphatic rings. The molecule has 0 saturated carbocycles. The van der Waals surface area contributed by atoms with Crippen LogP contribution in [0, 0.1) is 5.41 Å². The zero-order valence-corrected chi connectivity index (χ0v) is 14.5. The van der Waals surface area contributed by atoms with Crippen molar-refractivity contribution in [3.05, 3.63) is 66.2 Å². The fraction of sp³-hybridized carbons (Fsp3) is 0.278. The lowest BCUT2D eigenvalue weighted by Gasteiger charge is -2.33. The Labute approximate surface area is 142 Å². The molecule has 2 N–H and O–H groups in total. The fourth-order valence-corrected chi connectivity index (χ4v) is 3.87. The summed E-state index contributed by atoms with van der Waals surface area (Å²) in [6, 6.07) is 15.8. The molecule has 24 heavy (non-hydrogen) atoms. The minimum absolute atomic E-state index is 0.106. The van der Waals surface area contributed by atoms with Gasteiger partial charge >= 0.3 is 5.97 Å². The predicted octanol–water partition coefficient (Wildman–Crippen LogP) is 3.21. The van der Waals surface area contributed by atoms with Gasteiger partial charge in [-0.3, -0.25) is 4.79 Å². The summed E-state index contributed by atoms with van der Waals surface area (Å²) in [6.45, 7) is 3.29. The molecule has 0 saturated heterocycles. The number of rotatable bonds is 7. The highest BCUT2D eigenvalue weighted by Gasteiger charge is 2.43. The van der Waals surface area contributed by atoms with E-state index in [-0.39, 0.29) is 11.3 Å². The first-order valence-corrected chi connectivity index (χ1v) is 9.15. The van der Waals surface area contributed by atoms with Gasteiger partial charge in [0, 0.05) is 0 Å². The minimum Gasteiger partial charge on any atom is -0.481 e. The quantitative estimate of drug-likeness (QED) is 0.805. The Kier molecular flexibility index (Phi) is 5.41. The topological polar surface area (TPSA) is 83.5 Å². The first-order chi connectivity index (χ1) is 11.3. The van der Waals surface area contributed by atoms with Gasteiger partial charge in [-0.1, -0.05) is 55.5 Å². The number of aliphatic carboxylic acids is 1. The summed E-state index contributed by atoms with van der Waals surface area (Å²) in [5.41, 5.74) is -0.660. The number of benzene rings is 2. The lowest BCUT2D eigenvalue weighted by molar-refractivity contribution is -0.149. The van der Waals surface area contributed by atoms with Gasteiger partial charge in [-0.2, -0.15) is 0 Å². The van der Waals surface area contributed by atoms with E-state index in [0.29, 0.717) is 5.56 Å². The van der Waals surface area contributed by atoms with Crippen LogP contribution in [0.1, 0.15) is 31.9 Å². The molecule has 0 heterocycles. The van der Waals surface area contributed by atoms with Gasteiger partial charge in [0.25, 0.3) is 0 Å². The van der Waals surface area contributed by atoms with Crippen molar-refractivity contribution >= 4 is 16.0 Å². The molecule has 2 rings (SSSR count). The Morgan fingerprint density at radius 2 is 1.58 bits per heavy atom. The van der Waals surface area contributed by atoms with E-state index < -0.39 is 27.4 Å². The van der Waals surface area contributed by atoms with E-state index in [4.69, 9.17) is 0 Å². The number of hydrogen-bond donors (Lipinski definition) is 2. The predicted molar refractivity (Wildman–Crippen MR) is 92.0 cm³/mol. The van der Waals surface area contributed by atoms with Crippen LogP contribution in [0.5, 0.6) is 0 Å². The van der Waals surface area contributed by atoms with Crippen molar-refractivity contribution < 1.29 is 18.3 Å². The third-order valence-corrected chi connectivity index (χ3v) is 5.76. The van der Waals surface area contributed by atoms with Crippen LogP contribution in [0.25, 0.3) is 0 Å². The van der Waals surface area contributed by atoms with Gasteiger partial charge in [-0.15, -0.1) is 0 Å². The van der Waals surface area contributed by atoms with Crippen LogP contribution in [0.3, 0.4) is 0 Å². The number of carbonyl (C=O) groups is 1. The molecular weight excluding hydrogens is 326 g/mol. The van der Waals surface area contributed by atoms with Crippen molar-refractivity contribution in [1.29, 1.82) is 0 Å². The molecule has 0 unspecified atom stereocenters. The molecule has 5 nitrogen and oxygen atoms in total. The highest BCUT2D eigenvalue weighted by molar-refractivity contribution is 7.89. The zero-order chi connectivity index (χ0) is 17.8. The Balaban J connectivity index is 2.50. The van der Waals surface area contributed by atoms with Crippen molar-refractivity contribution in [2.45, 2.75) is 31.2 Å². The molecule has 0 spiro atoms. The van der Waals surface area contributed by atoms with E-state index in [1.807, 2.05) is 0 Å². The van der Waals surface area contributed by atoms with Crippen LogP contribution in [-0.4, -0.2) is 19.5 Å². The maximum Gasteiger partial charge on any atom is 0.311 e. The van der Waals surface area contributed by atoms with Gasteiger partial charge in [0.15, 0.2) is 0 Å². The molecule has 0 bridgehead atoms. The maximum absolute atomic E-state index is 12.7. The van der Waals surface area contributed by atoms with E-state index in [9.17, 15) is 18.3 Å². The molecule has 0 aliphatic carbocycles. The van der Waals surface area contributed by atoms with Crippen molar-refractivity contribution in [2.24, 2.45) is 5.41 Å². The minimum atomic E-state index is -3.85. The highest BCUT2D eigenvalue weighted by Crippen LogP contribution is 2.38. The monoisotopic (exact) mass is 347 g/mol. The third kappa shape index (κ3) is 3.66. The summed E-state index contributed by atoms with van der Waals surface area (Å²) in [6.07, 6.45) is 0.277. The summed E-state index contributed by atoms with van der Waals surface area (Å²) in [5.74, 6) is -1.05. The lowest BCUT2D eigenvalue weighted by atomic mass is 9.77. The van der Waals surface area contributed by atoms with Gasteiger partial charge in [0.05, 0.1) is 16.4 Å². The normalized spacial score (nSPS) is 15.4. The molecule has 2 atom stereocenters. The molecule has 0 amide bonds. The summed E-state index contributed by atoms with van der Waals surface area (Å²) in [7, 11) is -3.85. The van der Waals surface area contributed by atoms with E-state index >= 15 is 0 Å². The smallest absolute Gasteiger partial charge is 0.311 e. The van der Waals surface area contributed by atoms with Crippen molar-refractivity contribution in [3.63, 3.8) is 0 Å². The molecule has 0 aromatic heterocycles.